The van der Waals surface area contributed by atoms with E-state index in [4.69, 9.17) is 5.11 Å². The van der Waals surface area contributed by atoms with Crippen molar-refractivity contribution >= 4 is 17.3 Å². The summed E-state index contributed by atoms with van der Waals surface area (Å²) < 4.78 is 26.6. The van der Waals surface area contributed by atoms with E-state index in [-0.39, 0.29) is 19.1 Å². The third kappa shape index (κ3) is 2.53. The van der Waals surface area contributed by atoms with Crippen LogP contribution in [0.5, 0.6) is 0 Å². The van der Waals surface area contributed by atoms with E-state index in [0.717, 1.165) is 12.1 Å². The second kappa shape index (κ2) is 5.52. The number of rotatable bonds is 4. The van der Waals surface area contributed by atoms with Crippen LogP contribution in [0.15, 0.2) is 12.1 Å². The molecular weight excluding hydrogens is 254 g/mol. The highest BCUT2D eigenvalue weighted by Gasteiger charge is 2.32. The standard InChI is InChI=1S/C13H16F2N2O2/c1-2-10-13(19)17(4-3-5-18)12-7-9(15)8(14)6-11(12)16-10/h6-7,10,16,18H,2-5H2,1H3. The smallest absolute Gasteiger partial charge is 0.249 e. The van der Waals surface area contributed by atoms with Gasteiger partial charge < -0.3 is 15.3 Å². The summed E-state index contributed by atoms with van der Waals surface area (Å²) in [7, 11) is 0. The first kappa shape index (κ1) is 13.7. The van der Waals surface area contributed by atoms with E-state index in [9.17, 15) is 13.6 Å². The lowest BCUT2D eigenvalue weighted by molar-refractivity contribution is -0.119. The summed E-state index contributed by atoms with van der Waals surface area (Å²) in [5, 5.41) is 11.8. The number of amides is 1. The van der Waals surface area contributed by atoms with Crippen LogP contribution in [0.1, 0.15) is 19.8 Å². The van der Waals surface area contributed by atoms with Crippen LogP contribution >= 0.6 is 0 Å². The van der Waals surface area contributed by atoms with Gasteiger partial charge in [-0.3, -0.25) is 4.79 Å². The van der Waals surface area contributed by atoms with Crippen LogP contribution in [-0.2, 0) is 4.79 Å². The molecule has 0 saturated heterocycles. The van der Waals surface area contributed by atoms with Crippen LogP contribution in [0.4, 0.5) is 20.2 Å². The number of fused-ring (bicyclic) bond motifs is 1. The van der Waals surface area contributed by atoms with Crippen LogP contribution < -0.4 is 10.2 Å². The SMILES string of the molecule is CCC1Nc2cc(F)c(F)cc2N(CCCO)C1=O. The van der Waals surface area contributed by atoms with Crippen LogP contribution in [0.25, 0.3) is 0 Å². The molecule has 2 rings (SSSR count). The van der Waals surface area contributed by atoms with Gasteiger partial charge >= 0.3 is 0 Å². The maximum Gasteiger partial charge on any atom is 0.249 e. The second-order valence-electron chi connectivity index (χ2n) is 4.46. The molecule has 1 amide bonds. The van der Waals surface area contributed by atoms with Gasteiger partial charge in [0.25, 0.3) is 0 Å². The highest BCUT2D eigenvalue weighted by molar-refractivity contribution is 6.04. The zero-order chi connectivity index (χ0) is 14.0. The molecule has 4 nitrogen and oxygen atoms in total. The third-order valence-electron chi connectivity index (χ3n) is 3.17. The largest absolute Gasteiger partial charge is 0.396 e. The Hall–Kier alpha value is -1.69. The minimum absolute atomic E-state index is 0.0625. The van der Waals surface area contributed by atoms with E-state index >= 15 is 0 Å². The first-order valence-corrected chi connectivity index (χ1v) is 6.26. The molecule has 1 aliphatic rings. The summed E-state index contributed by atoms with van der Waals surface area (Å²) in [5.41, 5.74) is 0.727. The predicted octanol–water partition coefficient (Wildman–Crippen LogP) is 1.88. The molecule has 0 fully saturated rings. The Morgan fingerprint density at radius 2 is 2.05 bits per heavy atom. The molecule has 0 aliphatic carbocycles. The Kier molecular flexibility index (Phi) is 3.99. The zero-order valence-electron chi connectivity index (χ0n) is 10.6. The first-order valence-electron chi connectivity index (χ1n) is 6.26. The molecule has 2 N–H and O–H groups in total. The molecule has 1 heterocycles. The molecule has 0 saturated carbocycles. The average Bonchev–Trinajstić information content (AvgIpc) is 2.39. The quantitative estimate of drug-likeness (QED) is 0.878. The van der Waals surface area contributed by atoms with Crippen molar-refractivity contribution in [2.45, 2.75) is 25.8 Å². The molecule has 1 atom stereocenters. The molecule has 0 spiro atoms. The lowest BCUT2D eigenvalue weighted by Gasteiger charge is -2.35. The number of carbonyl (C=O) groups is 1. The van der Waals surface area contributed by atoms with Crippen LogP contribution in [0.3, 0.4) is 0 Å². The number of aliphatic hydroxyl groups excluding tert-OH is 1. The Balaban J connectivity index is 2.42. The van der Waals surface area contributed by atoms with Crippen LogP contribution in [0, 0.1) is 11.6 Å². The van der Waals surface area contributed by atoms with E-state index in [0.29, 0.717) is 24.2 Å². The van der Waals surface area contributed by atoms with Crippen molar-refractivity contribution in [3.8, 4) is 0 Å². The number of hydrogen-bond acceptors (Lipinski definition) is 3. The highest BCUT2D eigenvalue weighted by atomic mass is 19.2. The van der Waals surface area contributed by atoms with Gasteiger partial charge in [-0.05, 0) is 12.8 Å². The summed E-state index contributed by atoms with van der Waals surface area (Å²) in [6.07, 6.45) is 0.938. The fourth-order valence-corrected chi connectivity index (χ4v) is 2.17. The summed E-state index contributed by atoms with van der Waals surface area (Å²) in [4.78, 5) is 13.6. The minimum Gasteiger partial charge on any atom is -0.396 e. The van der Waals surface area contributed by atoms with E-state index in [1.807, 2.05) is 6.92 Å². The molecule has 0 aromatic heterocycles. The Morgan fingerprint density at radius 3 is 2.68 bits per heavy atom. The van der Waals surface area contributed by atoms with Crippen molar-refractivity contribution in [1.82, 2.24) is 0 Å². The summed E-state index contributed by atoms with van der Waals surface area (Å²) in [6, 6.07) is 1.63. The van der Waals surface area contributed by atoms with Gasteiger partial charge in [-0.15, -0.1) is 0 Å². The number of nitrogens with one attached hydrogen (secondary N) is 1. The molecule has 1 unspecified atom stereocenters. The van der Waals surface area contributed by atoms with E-state index < -0.39 is 17.7 Å². The van der Waals surface area contributed by atoms with Gasteiger partial charge in [0, 0.05) is 25.3 Å². The van der Waals surface area contributed by atoms with Crippen molar-refractivity contribution in [3.63, 3.8) is 0 Å². The molecule has 1 aromatic rings. The zero-order valence-corrected chi connectivity index (χ0v) is 10.6. The van der Waals surface area contributed by atoms with Gasteiger partial charge in [-0.1, -0.05) is 6.92 Å². The van der Waals surface area contributed by atoms with E-state index in [1.165, 1.54) is 4.90 Å². The number of aliphatic hydroxyl groups is 1. The maximum absolute atomic E-state index is 13.3. The summed E-state index contributed by atoms with van der Waals surface area (Å²) in [6.45, 7) is 2.06. The Morgan fingerprint density at radius 1 is 1.37 bits per heavy atom. The summed E-state index contributed by atoms with van der Waals surface area (Å²) in [5.74, 6) is -2.12. The number of hydrogen-bond donors (Lipinski definition) is 2. The normalized spacial score (nSPS) is 18.2. The average molecular weight is 270 g/mol. The lowest BCUT2D eigenvalue weighted by Crippen LogP contribution is -2.47. The fraction of sp³-hybridized carbons (Fsp3) is 0.462. The lowest BCUT2D eigenvalue weighted by atomic mass is 10.1. The maximum atomic E-state index is 13.3. The molecule has 1 aliphatic heterocycles. The number of halogens is 2. The van der Waals surface area contributed by atoms with E-state index in [1.54, 1.807) is 0 Å². The van der Waals surface area contributed by atoms with Gasteiger partial charge in [0.15, 0.2) is 11.6 Å². The second-order valence-corrected chi connectivity index (χ2v) is 4.46. The molecule has 19 heavy (non-hydrogen) atoms. The van der Waals surface area contributed by atoms with Crippen molar-refractivity contribution in [2.75, 3.05) is 23.4 Å². The van der Waals surface area contributed by atoms with Gasteiger partial charge in [0.2, 0.25) is 5.91 Å². The number of nitrogens with zero attached hydrogens (tertiary/aromatic N) is 1. The van der Waals surface area contributed by atoms with E-state index in [2.05, 4.69) is 5.32 Å². The van der Waals surface area contributed by atoms with Crippen molar-refractivity contribution in [3.05, 3.63) is 23.8 Å². The predicted molar refractivity (Wildman–Crippen MR) is 68.1 cm³/mol. The molecule has 104 valence electrons. The molecule has 6 heteroatoms. The Bertz CT molecular complexity index is 494. The number of anilines is 2. The van der Waals surface area contributed by atoms with Gasteiger partial charge in [-0.25, -0.2) is 8.78 Å². The van der Waals surface area contributed by atoms with Crippen LogP contribution in [-0.4, -0.2) is 30.2 Å². The fourth-order valence-electron chi connectivity index (χ4n) is 2.17. The topological polar surface area (TPSA) is 52.6 Å². The monoisotopic (exact) mass is 270 g/mol. The minimum atomic E-state index is -0.989. The first-order chi connectivity index (χ1) is 9.08. The van der Waals surface area contributed by atoms with Gasteiger partial charge in [-0.2, -0.15) is 0 Å². The van der Waals surface area contributed by atoms with Crippen molar-refractivity contribution in [2.24, 2.45) is 0 Å². The molecule has 0 bridgehead atoms. The summed E-state index contributed by atoms with van der Waals surface area (Å²) >= 11 is 0. The van der Waals surface area contributed by atoms with Crippen LogP contribution in [0.2, 0.25) is 0 Å². The highest BCUT2D eigenvalue weighted by Crippen LogP contribution is 2.34. The third-order valence-corrected chi connectivity index (χ3v) is 3.17. The number of benzene rings is 1. The van der Waals surface area contributed by atoms with Crippen molar-refractivity contribution in [1.29, 1.82) is 0 Å². The molecule has 0 radical (unpaired) electrons. The molecule has 1 aromatic carbocycles. The van der Waals surface area contributed by atoms with Gasteiger partial charge in [0.1, 0.15) is 6.04 Å². The molecular formula is C13H16F2N2O2. The van der Waals surface area contributed by atoms with Gasteiger partial charge in [0.05, 0.1) is 11.4 Å². The Labute approximate surface area is 110 Å². The van der Waals surface area contributed by atoms with Crippen molar-refractivity contribution < 1.29 is 18.7 Å². The number of carbonyl (C=O) groups excluding carboxylic acids is 1.